The van der Waals surface area contributed by atoms with Gasteiger partial charge in [0.2, 0.25) is 5.95 Å². The summed E-state index contributed by atoms with van der Waals surface area (Å²) in [4.78, 5) is 23.2. The van der Waals surface area contributed by atoms with Gasteiger partial charge in [0.05, 0.1) is 16.3 Å². The van der Waals surface area contributed by atoms with Gasteiger partial charge in [0.1, 0.15) is 0 Å². The lowest BCUT2D eigenvalue weighted by atomic mass is 10.2. The van der Waals surface area contributed by atoms with Crippen molar-refractivity contribution in [3.8, 4) is 0 Å². The highest BCUT2D eigenvalue weighted by Crippen LogP contribution is 2.26. The van der Waals surface area contributed by atoms with Crippen LogP contribution in [0.25, 0.3) is 0 Å². The maximum Gasteiger partial charge on any atom is 0.258 e. The summed E-state index contributed by atoms with van der Waals surface area (Å²) in [6.45, 7) is 1.92. The number of hydrogen-bond acceptors (Lipinski definition) is 4. The molecule has 1 aromatic carbocycles. The lowest BCUT2D eigenvalue weighted by Gasteiger charge is -2.19. The largest absolute Gasteiger partial charge is 0.341 e. The van der Waals surface area contributed by atoms with E-state index < -0.39 is 0 Å². The van der Waals surface area contributed by atoms with E-state index >= 15 is 0 Å². The van der Waals surface area contributed by atoms with Crippen LogP contribution in [-0.4, -0.2) is 29.0 Å². The number of halogens is 2. The average Bonchev–Trinajstić information content (AvgIpc) is 2.87. The maximum atomic E-state index is 12.3. The molecule has 1 amide bonds. The van der Waals surface area contributed by atoms with E-state index in [0.29, 0.717) is 27.2 Å². The third-order valence-electron chi connectivity index (χ3n) is 3.97. The second kappa shape index (κ2) is 7.81. The third-order valence-corrected chi connectivity index (χ3v) is 4.53. The third kappa shape index (κ3) is 4.16. The number of benzene rings is 1. The topological polar surface area (TPSA) is 58.1 Å². The van der Waals surface area contributed by atoms with Gasteiger partial charge >= 0.3 is 0 Å². The number of anilines is 2. The van der Waals surface area contributed by atoms with Gasteiger partial charge in [-0.15, -0.1) is 0 Å². The highest BCUT2D eigenvalue weighted by atomic mass is 35.5. The fourth-order valence-corrected chi connectivity index (χ4v) is 3.00. The van der Waals surface area contributed by atoms with Crippen molar-refractivity contribution in [3.05, 3.63) is 46.2 Å². The number of carbonyl (C=O) groups excluding carboxylic acids is 1. The Labute approximate surface area is 151 Å². The zero-order valence-corrected chi connectivity index (χ0v) is 14.6. The average molecular weight is 365 g/mol. The monoisotopic (exact) mass is 364 g/mol. The van der Waals surface area contributed by atoms with Crippen molar-refractivity contribution in [3.63, 3.8) is 0 Å². The zero-order valence-electron chi connectivity index (χ0n) is 13.1. The van der Waals surface area contributed by atoms with Gasteiger partial charge in [-0.05, 0) is 31.0 Å². The smallest absolute Gasteiger partial charge is 0.258 e. The summed E-state index contributed by atoms with van der Waals surface area (Å²) in [7, 11) is 0. The van der Waals surface area contributed by atoms with Crippen molar-refractivity contribution in [2.45, 2.75) is 25.7 Å². The summed E-state index contributed by atoms with van der Waals surface area (Å²) in [5.74, 6) is 0.357. The van der Waals surface area contributed by atoms with E-state index in [1.807, 2.05) is 0 Å². The van der Waals surface area contributed by atoms with E-state index in [-0.39, 0.29) is 5.91 Å². The molecule has 1 N–H and O–H groups in total. The number of nitrogens with one attached hydrogen (secondary N) is 1. The van der Waals surface area contributed by atoms with Gasteiger partial charge in [-0.2, -0.15) is 0 Å². The normalized spacial score (nSPS) is 15.0. The molecule has 2 aromatic rings. The van der Waals surface area contributed by atoms with Gasteiger partial charge in [-0.1, -0.05) is 36.0 Å². The molecule has 0 atom stereocenters. The van der Waals surface area contributed by atoms with Crippen LogP contribution in [-0.2, 0) is 0 Å². The van der Waals surface area contributed by atoms with E-state index in [2.05, 4.69) is 20.2 Å². The number of hydrogen-bond donors (Lipinski definition) is 1. The summed E-state index contributed by atoms with van der Waals surface area (Å²) >= 11 is 12.0. The number of nitrogens with zero attached hydrogens (tertiary/aromatic N) is 3. The first-order valence-corrected chi connectivity index (χ1v) is 8.72. The molecule has 1 fully saturated rings. The summed E-state index contributed by atoms with van der Waals surface area (Å²) in [5, 5.41) is 3.66. The summed E-state index contributed by atoms with van der Waals surface area (Å²) in [6, 6.07) is 4.91. The van der Waals surface area contributed by atoms with Crippen molar-refractivity contribution in [2.75, 3.05) is 23.3 Å². The maximum absolute atomic E-state index is 12.3. The lowest BCUT2D eigenvalue weighted by Crippen LogP contribution is -2.26. The molecule has 126 valence electrons. The van der Waals surface area contributed by atoms with Crippen LogP contribution >= 0.6 is 23.2 Å². The van der Waals surface area contributed by atoms with Gasteiger partial charge in [0.15, 0.2) is 0 Å². The minimum Gasteiger partial charge on any atom is -0.341 e. The first kappa shape index (κ1) is 17.0. The zero-order chi connectivity index (χ0) is 16.9. The van der Waals surface area contributed by atoms with Crippen LogP contribution in [0.2, 0.25) is 10.0 Å². The predicted octanol–water partition coefficient (Wildman–Crippen LogP) is 4.42. The van der Waals surface area contributed by atoms with E-state index in [0.717, 1.165) is 25.9 Å². The van der Waals surface area contributed by atoms with E-state index in [1.54, 1.807) is 30.6 Å². The van der Waals surface area contributed by atoms with Crippen LogP contribution in [0.5, 0.6) is 0 Å². The molecule has 0 spiro atoms. The summed E-state index contributed by atoms with van der Waals surface area (Å²) in [6.07, 6.45) is 7.88. The molecule has 0 bridgehead atoms. The first-order valence-electron chi connectivity index (χ1n) is 7.97. The Kier molecular flexibility index (Phi) is 5.53. The molecule has 1 saturated heterocycles. The van der Waals surface area contributed by atoms with Gasteiger partial charge in [-0.25, -0.2) is 9.97 Å². The number of aromatic nitrogens is 2. The molecule has 1 aliphatic heterocycles. The van der Waals surface area contributed by atoms with Gasteiger partial charge in [0.25, 0.3) is 5.91 Å². The molecule has 0 radical (unpaired) electrons. The quantitative estimate of drug-likeness (QED) is 0.875. The van der Waals surface area contributed by atoms with Crippen LogP contribution in [0, 0.1) is 0 Å². The van der Waals surface area contributed by atoms with Crippen LogP contribution in [0.3, 0.4) is 0 Å². The Morgan fingerprint density at radius 1 is 1.04 bits per heavy atom. The van der Waals surface area contributed by atoms with E-state index in [4.69, 9.17) is 23.2 Å². The van der Waals surface area contributed by atoms with Crippen LogP contribution in [0.1, 0.15) is 36.0 Å². The molecule has 0 saturated carbocycles. The number of carbonyl (C=O) groups is 1. The SMILES string of the molecule is O=C(Nc1cc(Cl)ccc1Cl)c1cnc(N2CCCCCC2)nc1. The summed E-state index contributed by atoms with van der Waals surface area (Å²) in [5.41, 5.74) is 0.843. The Hall–Kier alpha value is -1.85. The molecule has 1 aromatic heterocycles. The van der Waals surface area contributed by atoms with Crippen LogP contribution in [0.15, 0.2) is 30.6 Å². The number of rotatable bonds is 3. The van der Waals surface area contributed by atoms with Gasteiger partial charge in [-0.3, -0.25) is 4.79 Å². The molecule has 24 heavy (non-hydrogen) atoms. The number of amides is 1. The molecule has 1 aliphatic rings. The standard InChI is InChI=1S/C17H18Cl2N4O/c18-13-5-6-14(19)15(9-13)22-16(24)12-10-20-17(21-11-12)23-7-3-1-2-4-8-23/h5-6,9-11H,1-4,7-8H2,(H,22,24). The second-order valence-electron chi connectivity index (χ2n) is 5.75. The van der Waals surface area contributed by atoms with Gasteiger partial charge in [0, 0.05) is 30.5 Å². The minimum absolute atomic E-state index is 0.318. The summed E-state index contributed by atoms with van der Waals surface area (Å²) < 4.78 is 0. The minimum atomic E-state index is -0.318. The molecule has 0 aliphatic carbocycles. The van der Waals surface area contributed by atoms with Crippen molar-refractivity contribution >= 4 is 40.7 Å². The van der Waals surface area contributed by atoms with Crippen molar-refractivity contribution in [1.29, 1.82) is 0 Å². The molecule has 0 unspecified atom stereocenters. The Morgan fingerprint density at radius 3 is 2.38 bits per heavy atom. The highest BCUT2D eigenvalue weighted by Gasteiger charge is 2.14. The fourth-order valence-electron chi connectivity index (χ4n) is 2.66. The van der Waals surface area contributed by atoms with Crippen molar-refractivity contribution in [2.24, 2.45) is 0 Å². The lowest BCUT2D eigenvalue weighted by molar-refractivity contribution is 0.102. The van der Waals surface area contributed by atoms with Gasteiger partial charge < -0.3 is 10.2 Å². The van der Waals surface area contributed by atoms with Crippen LogP contribution in [0.4, 0.5) is 11.6 Å². The second-order valence-corrected chi connectivity index (χ2v) is 6.59. The Bertz CT molecular complexity index is 713. The van der Waals surface area contributed by atoms with Crippen LogP contribution < -0.4 is 10.2 Å². The van der Waals surface area contributed by atoms with Crippen molar-refractivity contribution in [1.82, 2.24) is 9.97 Å². The Balaban J connectivity index is 1.70. The molecule has 5 nitrogen and oxygen atoms in total. The first-order chi connectivity index (χ1) is 11.6. The fraction of sp³-hybridized carbons (Fsp3) is 0.353. The molecular formula is C17H18Cl2N4O. The Morgan fingerprint density at radius 2 is 1.71 bits per heavy atom. The van der Waals surface area contributed by atoms with E-state index in [9.17, 15) is 4.79 Å². The molecular weight excluding hydrogens is 347 g/mol. The molecule has 7 heteroatoms. The molecule has 3 rings (SSSR count). The predicted molar refractivity (Wildman–Crippen MR) is 97.1 cm³/mol. The molecule has 2 heterocycles. The van der Waals surface area contributed by atoms with Crippen molar-refractivity contribution < 1.29 is 4.79 Å². The highest BCUT2D eigenvalue weighted by molar-refractivity contribution is 6.35. The van der Waals surface area contributed by atoms with E-state index in [1.165, 1.54) is 12.8 Å².